The third-order valence-corrected chi connectivity index (χ3v) is 5.11. The van der Waals surface area contributed by atoms with E-state index in [1.54, 1.807) is 12.3 Å². The van der Waals surface area contributed by atoms with Crippen molar-refractivity contribution >= 4 is 33.1 Å². The van der Waals surface area contributed by atoms with Gasteiger partial charge in [0.2, 0.25) is 0 Å². The Balaban J connectivity index is 1.73. The summed E-state index contributed by atoms with van der Waals surface area (Å²) in [4.78, 5) is 6.47. The number of halogens is 1. The van der Waals surface area contributed by atoms with Crippen LogP contribution in [0.3, 0.4) is 0 Å². The van der Waals surface area contributed by atoms with Crippen LogP contribution in [0.4, 0.5) is 11.5 Å². The van der Waals surface area contributed by atoms with Gasteiger partial charge in [0, 0.05) is 18.1 Å². The van der Waals surface area contributed by atoms with Gasteiger partial charge in [0.1, 0.15) is 5.82 Å². The topological polar surface area (TPSA) is 71.5 Å². The summed E-state index contributed by atoms with van der Waals surface area (Å²) in [5.41, 5.74) is 0.947. The molecule has 122 valence electrons. The Bertz CT molecular complexity index is 758. The van der Waals surface area contributed by atoms with Crippen LogP contribution in [0.1, 0.15) is 0 Å². The van der Waals surface area contributed by atoms with Crippen LogP contribution >= 0.6 is 11.6 Å². The SMILES string of the molecule is O=S(=O)(Nc1ccc(N2CCOCC2)cn1)c1ccc(Cl)cc1. The van der Waals surface area contributed by atoms with Gasteiger partial charge in [0.05, 0.1) is 30.0 Å². The molecule has 1 aliphatic rings. The molecule has 2 aromatic rings. The van der Waals surface area contributed by atoms with Crippen LogP contribution in [0.5, 0.6) is 0 Å². The molecule has 0 spiro atoms. The van der Waals surface area contributed by atoms with Gasteiger partial charge in [-0.3, -0.25) is 4.72 Å². The third kappa shape index (κ3) is 3.93. The van der Waals surface area contributed by atoms with Gasteiger partial charge >= 0.3 is 0 Å². The molecule has 3 rings (SSSR count). The third-order valence-electron chi connectivity index (χ3n) is 3.49. The number of aromatic nitrogens is 1. The molecule has 0 radical (unpaired) electrons. The number of hydrogen-bond donors (Lipinski definition) is 1. The minimum absolute atomic E-state index is 0.140. The molecule has 8 heteroatoms. The lowest BCUT2D eigenvalue weighted by Crippen LogP contribution is -2.36. The van der Waals surface area contributed by atoms with Gasteiger partial charge in [-0.1, -0.05) is 11.6 Å². The molecule has 1 fully saturated rings. The van der Waals surface area contributed by atoms with Crippen molar-refractivity contribution in [2.45, 2.75) is 4.90 Å². The molecule has 1 aliphatic heterocycles. The average Bonchev–Trinajstić information content (AvgIpc) is 2.56. The molecule has 1 saturated heterocycles. The Hall–Kier alpha value is -1.83. The standard InChI is InChI=1S/C15H16ClN3O3S/c16-12-1-4-14(5-2-12)23(20,21)18-15-6-3-13(11-17-15)19-7-9-22-10-8-19/h1-6,11H,7-10H2,(H,17,18). The highest BCUT2D eigenvalue weighted by atomic mass is 35.5. The monoisotopic (exact) mass is 353 g/mol. The minimum Gasteiger partial charge on any atom is -0.378 e. The van der Waals surface area contributed by atoms with Crippen LogP contribution in [-0.2, 0) is 14.8 Å². The number of ether oxygens (including phenoxy) is 1. The highest BCUT2D eigenvalue weighted by molar-refractivity contribution is 7.92. The van der Waals surface area contributed by atoms with Crippen LogP contribution in [0.15, 0.2) is 47.5 Å². The highest BCUT2D eigenvalue weighted by Crippen LogP contribution is 2.20. The van der Waals surface area contributed by atoms with Gasteiger partial charge < -0.3 is 9.64 Å². The van der Waals surface area contributed by atoms with E-state index < -0.39 is 10.0 Å². The number of benzene rings is 1. The van der Waals surface area contributed by atoms with Gasteiger partial charge in [-0.05, 0) is 36.4 Å². The average molecular weight is 354 g/mol. The van der Waals surface area contributed by atoms with Gasteiger partial charge in [-0.25, -0.2) is 13.4 Å². The van der Waals surface area contributed by atoms with Crippen LogP contribution in [-0.4, -0.2) is 39.7 Å². The Kier molecular flexibility index (Phi) is 4.70. The number of nitrogens with one attached hydrogen (secondary N) is 1. The lowest BCUT2D eigenvalue weighted by molar-refractivity contribution is 0.122. The molecule has 2 heterocycles. The maximum absolute atomic E-state index is 12.3. The lowest BCUT2D eigenvalue weighted by Gasteiger charge is -2.28. The largest absolute Gasteiger partial charge is 0.378 e. The summed E-state index contributed by atoms with van der Waals surface area (Å²) in [5, 5.41) is 0.483. The summed E-state index contributed by atoms with van der Waals surface area (Å²) >= 11 is 5.77. The second-order valence-corrected chi connectivity index (χ2v) is 7.18. The molecule has 0 unspecified atom stereocenters. The van der Waals surface area contributed by atoms with E-state index >= 15 is 0 Å². The van der Waals surface area contributed by atoms with Crippen LogP contribution in [0, 0.1) is 0 Å². The number of pyridine rings is 1. The Morgan fingerprint density at radius 1 is 1.09 bits per heavy atom. The van der Waals surface area contributed by atoms with Crippen LogP contribution in [0.2, 0.25) is 5.02 Å². The van der Waals surface area contributed by atoms with Crippen LogP contribution < -0.4 is 9.62 Å². The van der Waals surface area contributed by atoms with Crippen molar-refractivity contribution in [2.75, 3.05) is 35.9 Å². The quantitative estimate of drug-likeness (QED) is 0.913. The molecule has 0 aliphatic carbocycles. The molecular formula is C15H16ClN3O3S. The second kappa shape index (κ2) is 6.74. The summed E-state index contributed by atoms with van der Waals surface area (Å²) in [6.45, 7) is 2.98. The van der Waals surface area contributed by atoms with Crippen molar-refractivity contribution in [3.63, 3.8) is 0 Å². The first kappa shape index (κ1) is 16.0. The van der Waals surface area contributed by atoms with Crippen molar-refractivity contribution in [3.05, 3.63) is 47.6 Å². The van der Waals surface area contributed by atoms with Gasteiger partial charge in [0.25, 0.3) is 10.0 Å². The van der Waals surface area contributed by atoms with Gasteiger partial charge in [-0.15, -0.1) is 0 Å². The fourth-order valence-corrected chi connectivity index (χ4v) is 3.40. The predicted octanol–water partition coefficient (Wildman–Crippen LogP) is 2.37. The first-order chi connectivity index (χ1) is 11.0. The zero-order chi connectivity index (χ0) is 16.3. The maximum Gasteiger partial charge on any atom is 0.263 e. The maximum atomic E-state index is 12.3. The number of morpholine rings is 1. The number of anilines is 2. The van der Waals surface area contributed by atoms with Gasteiger partial charge in [-0.2, -0.15) is 0 Å². The highest BCUT2D eigenvalue weighted by Gasteiger charge is 2.16. The van der Waals surface area contributed by atoms with Crippen molar-refractivity contribution in [1.29, 1.82) is 0 Å². The lowest BCUT2D eigenvalue weighted by atomic mass is 10.3. The fourth-order valence-electron chi connectivity index (χ4n) is 2.27. The number of nitrogens with zero attached hydrogens (tertiary/aromatic N) is 2. The summed E-state index contributed by atoms with van der Waals surface area (Å²) in [5.74, 6) is 0.275. The molecule has 0 amide bonds. The molecule has 0 saturated carbocycles. The molecule has 0 atom stereocenters. The van der Waals surface area contributed by atoms with E-state index in [2.05, 4.69) is 14.6 Å². The second-order valence-electron chi connectivity index (χ2n) is 5.06. The minimum atomic E-state index is -3.67. The van der Waals surface area contributed by atoms with E-state index in [4.69, 9.17) is 16.3 Å². The summed E-state index contributed by atoms with van der Waals surface area (Å²) in [6.07, 6.45) is 1.66. The summed E-state index contributed by atoms with van der Waals surface area (Å²) in [7, 11) is -3.67. The normalized spacial score (nSPS) is 15.4. The Labute approximate surface area is 140 Å². The molecule has 1 N–H and O–H groups in total. The predicted molar refractivity (Wildman–Crippen MR) is 89.5 cm³/mol. The van der Waals surface area contributed by atoms with Crippen LogP contribution in [0.25, 0.3) is 0 Å². The molecular weight excluding hydrogens is 338 g/mol. The smallest absolute Gasteiger partial charge is 0.263 e. The first-order valence-electron chi connectivity index (χ1n) is 7.12. The first-order valence-corrected chi connectivity index (χ1v) is 8.98. The number of sulfonamides is 1. The molecule has 23 heavy (non-hydrogen) atoms. The van der Waals surface area contributed by atoms with Crippen molar-refractivity contribution < 1.29 is 13.2 Å². The van der Waals surface area contributed by atoms with Crippen molar-refractivity contribution in [3.8, 4) is 0 Å². The number of rotatable bonds is 4. The van der Waals surface area contributed by atoms with Crippen molar-refractivity contribution in [2.24, 2.45) is 0 Å². The molecule has 1 aromatic carbocycles. The van der Waals surface area contributed by atoms with E-state index in [0.29, 0.717) is 18.2 Å². The molecule has 6 nitrogen and oxygen atoms in total. The summed E-state index contributed by atoms with van der Waals surface area (Å²) < 4.78 is 32.3. The Morgan fingerprint density at radius 3 is 2.39 bits per heavy atom. The molecule has 0 bridgehead atoms. The van der Waals surface area contributed by atoms with E-state index in [1.807, 2.05) is 6.07 Å². The van der Waals surface area contributed by atoms with E-state index in [1.165, 1.54) is 24.3 Å². The zero-order valence-corrected chi connectivity index (χ0v) is 13.8. The van der Waals surface area contributed by atoms with E-state index in [-0.39, 0.29) is 10.7 Å². The fraction of sp³-hybridized carbons (Fsp3) is 0.267. The van der Waals surface area contributed by atoms with E-state index in [0.717, 1.165) is 18.8 Å². The van der Waals surface area contributed by atoms with Crippen molar-refractivity contribution in [1.82, 2.24) is 4.98 Å². The summed E-state index contributed by atoms with van der Waals surface area (Å²) in [6, 6.07) is 9.46. The Morgan fingerprint density at radius 2 is 1.78 bits per heavy atom. The molecule has 1 aromatic heterocycles. The zero-order valence-electron chi connectivity index (χ0n) is 12.3. The van der Waals surface area contributed by atoms with Gasteiger partial charge in [0.15, 0.2) is 0 Å². The van der Waals surface area contributed by atoms with E-state index in [9.17, 15) is 8.42 Å². The number of hydrogen-bond acceptors (Lipinski definition) is 5.